The Balaban J connectivity index is 1.72. The lowest BCUT2D eigenvalue weighted by atomic mass is 9.62. The fourth-order valence-electron chi connectivity index (χ4n) is 7.06. The molecule has 4 aliphatic heterocycles. The lowest BCUT2D eigenvalue weighted by Crippen LogP contribution is -2.59. The van der Waals surface area contributed by atoms with Crippen LogP contribution in [0, 0.1) is 17.8 Å². The van der Waals surface area contributed by atoms with Crippen LogP contribution in [-0.2, 0) is 28.6 Å². The number of aliphatic hydroxyl groups excluding tert-OH is 1. The van der Waals surface area contributed by atoms with Gasteiger partial charge >= 0.3 is 5.97 Å². The van der Waals surface area contributed by atoms with Gasteiger partial charge in [0.15, 0.2) is 0 Å². The predicted octanol–water partition coefficient (Wildman–Crippen LogP) is 0.678. The summed E-state index contributed by atoms with van der Waals surface area (Å²) in [6.07, 6.45) is 2.64. The summed E-state index contributed by atoms with van der Waals surface area (Å²) in [7, 11) is 0. The zero-order valence-electron chi connectivity index (χ0n) is 22.7. The average Bonchev–Trinajstić information content (AvgIpc) is 3.40. The minimum atomic E-state index is -1.15. The molecule has 4 aliphatic rings. The Kier molecular flexibility index (Phi) is 8.33. The van der Waals surface area contributed by atoms with Gasteiger partial charge in [0.2, 0.25) is 11.8 Å². The van der Waals surface area contributed by atoms with E-state index in [4.69, 9.17) is 14.2 Å². The lowest BCUT2D eigenvalue weighted by Gasteiger charge is -2.40. The van der Waals surface area contributed by atoms with E-state index in [9.17, 15) is 19.5 Å². The Bertz CT molecular complexity index is 889. The molecular weight excluding hydrogens is 478 g/mol. The van der Waals surface area contributed by atoms with E-state index in [2.05, 4.69) is 11.5 Å². The highest BCUT2D eigenvalue weighted by Gasteiger charge is 2.80. The molecule has 4 rings (SSSR count). The van der Waals surface area contributed by atoms with E-state index in [-0.39, 0.29) is 30.9 Å². The molecule has 10 nitrogen and oxygen atoms in total. The monoisotopic (exact) mass is 521 g/mol. The third kappa shape index (κ3) is 4.49. The van der Waals surface area contributed by atoms with Crippen molar-refractivity contribution >= 4 is 17.8 Å². The van der Waals surface area contributed by atoms with Crippen molar-refractivity contribution in [1.82, 2.24) is 14.7 Å². The summed E-state index contributed by atoms with van der Waals surface area (Å²) in [6.45, 7) is 15.7. The van der Waals surface area contributed by atoms with Crippen LogP contribution >= 0.6 is 0 Å². The number of nitrogens with zero attached hydrogens (tertiary/aromatic N) is 3. The molecule has 0 saturated carbocycles. The Morgan fingerprint density at radius 2 is 2.03 bits per heavy atom. The predicted molar refractivity (Wildman–Crippen MR) is 135 cm³/mol. The molecule has 0 aromatic carbocycles. The van der Waals surface area contributed by atoms with Gasteiger partial charge in [0.25, 0.3) is 0 Å². The van der Waals surface area contributed by atoms with Crippen LogP contribution in [-0.4, -0.2) is 120 Å². The molecule has 1 spiro atoms. The Morgan fingerprint density at radius 1 is 1.32 bits per heavy atom. The van der Waals surface area contributed by atoms with Crippen LogP contribution in [0.4, 0.5) is 0 Å². The molecule has 2 bridgehead atoms. The Labute approximate surface area is 219 Å². The first kappa shape index (κ1) is 28.0. The number of esters is 1. The number of carbonyl (C=O) groups excluding carboxylic acids is 3. The first-order valence-electron chi connectivity index (χ1n) is 13.7. The van der Waals surface area contributed by atoms with Gasteiger partial charge in [-0.05, 0) is 32.6 Å². The molecule has 4 saturated heterocycles. The smallest absolute Gasteiger partial charge is 0.312 e. The molecular formula is C27H43N3O7. The molecule has 2 amide bonds. The van der Waals surface area contributed by atoms with Crippen LogP contribution in [0.2, 0.25) is 0 Å². The van der Waals surface area contributed by atoms with Crippen molar-refractivity contribution in [1.29, 1.82) is 0 Å². The van der Waals surface area contributed by atoms with Crippen LogP contribution in [0.25, 0.3) is 0 Å². The van der Waals surface area contributed by atoms with Gasteiger partial charge in [0, 0.05) is 32.7 Å². The van der Waals surface area contributed by atoms with Crippen LogP contribution in [0.15, 0.2) is 12.7 Å². The topological polar surface area (TPSA) is 109 Å². The number of fused-ring (bicyclic) bond motifs is 1. The van der Waals surface area contributed by atoms with Gasteiger partial charge in [-0.15, -0.1) is 6.58 Å². The fourth-order valence-corrected chi connectivity index (χ4v) is 7.06. The highest BCUT2D eigenvalue weighted by Crippen LogP contribution is 2.65. The molecule has 4 heterocycles. The number of morpholine rings is 1. The number of amides is 2. The number of likely N-dealkylation sites (tertiary alicyclic amines) is 1. The molecule has 0 aromatic rings. The molecule has 1 N–H and O–H groups in total. The van der Waals surface area contributed by atoms with Gasteiger partial charge in [0.1, 0.15) is 17.6 Å². The van der Waals surface area contributed by atoms with Crippen molar-refractivity contribution < 1.29 is 33.7 Å². The van der Waals surface area contributed by atoms with E-state index < -0.39 is 41.1 Å². The molecule has 7 atom stereocenters. The number of aliphatic hydroxyl groups is 1. The maximum absolute atomic E-state index is 14.4. The summed E-state index contributed by atoms with van der Waals surface area (Å²) in [5.74, 6) is -2.68. The number of rotatable bonds is 11. The maximum atomic E-state index is 14.4. The van der Waals surface area contributed by atoms with Crippen LogP contribution in [0.5, 0.6) is 0 Å². The summed E-state index contributed by atoms with van der Waals surface area (Å²) in [5.41, 5.74) is -2.06. The largest absolute Gasteiger partial charge is 0.466 e. The van der Waals surface area contributed by atoms with E-state index in [1.807, 2.05) is 20.8 Å². The summed E-state index contributed by atoms with van der Waals surface area (Å²) < 4.78 is 17.6. The molecule has 208 valence electrons. The number of ether oxygens (including phenoxy) is 3. The first-order valence-corrected chi connectivity index (χ1v) is 13.7. The number of carbonyl (C=O) groups is 3. The van der Waals surface area contributed by atoms with Crippen LogP contribution in [0.1, 0.15) is 40.5 Å². The second-order valence-corrected chi connectivity index (χ2v) is 11.0. The van der Waals surface area contributed by atoms with Crippen LogP contribution in [0.3, 0.4) is 0 Å². The third-order valence-corrected chi connectivity index (χ3v) is 9.05. The molecule has 0 radical (unpaired) electrons. The van der Waals surface area contributed by atoms with Gasteiger partial charge < -0.3 is 29.1 Å². The summed E-state index contributed by atoms with van der Waals surface area (Å²) in [4.78, 5) is 47.3. The van der Waals surface area contributed by atoms with Crippen molar-refractivity contribution in [2.75, 3.05) is 59.2 Å². The van der Waals surface area contributed by atoms with Crippen molar-refractivity contribution in [2.24, 2.45) is 17.8 Å². The first-order chi connectivity index (χ1) is 17.7. The molecule has 0 aliphatic carbocycles. The molecule has 37 heavy (non-hydrogen) atoms. The minimum absolute atomic E-state index is 0.0587. The normalized spacial score (nSPS) is 35.9. The summed E-state index contributed by atoms with van der Waals surface area (Å²) >= 11 is 0. The number of hydrogen-bond acceptors (Lipinski definition) is 8. The zero-order chi connectivity index (χ0) is 27.0. The SMILES string of the molecule is C=CCN(CCN1CCOCC1)C(=O)C1N([C@@H](CC)CO)C(=O)[C@@H]2[C@H](C(=O)OCC)[C@@]3(C)OC12CC3C. The van der Waals surface area contributed by atoms with Crippen LogP contribution < -0.4 is 0 Å². The number of hydrogen-bond donors (Lipinski definition) is 1. The summed E-state index contributed by atoms with van der Waals surface area (Å²) in [5, 5.41) is 10.2. The standard InChI is InChI=1S/C27H43N3O7/c1-6-9-29(11-10-28-12-14-35-15-13-28)24(33)22-27-16-18(4)26(5,37-27)21(25(34)36-8-3)20(27)23(32)30(22)19(7-2)17-31/h6,18-22,31H,1,7-17H2,2-5H3/t18?,19-,20-,21+,22?,26-,27?/m0/s1. The minimum Gasteiger partial charge on any atom is -0.466 e. The Hall–Kier alpha value is -2.01. The quantitative estimate of drug-likeness (QED) is 0.312. The van der Waals surface area contributed by atoms with Gasteiger partial charge in [-0.1, -0.05) is 19.9 Å². The highest BCUT2D eigenvalue weighted by atomic mass is 16.6. The van der Waals surface area contributed by atoms with E-state index in [0.717, 1.165) is 13.1 Å². The molecule has 3 unspecified atom stereocenters. The fraction of sp³-hybridized carbons (Fsp3) is 0.815. The van der Waals surface area contributed by atoms with Gasteiger partial charge in [-0.2, -0.15) is 0 Å². The van der Waals surface area contributed by atoms with E-state index in [1.165, 1.54) is 4.90 Å². The van der Waals surface area contributed by atoms with E-state index >= 15 is 0 Å². The van der Waals surface area contributed by atoms with Crippen molar-refractivity contribution in [3.05, 3.63) is 12.7 Å². The van der Waals surface area contributed by atoms with E-state index in [0.29, 0.717) is 45.7 Å². The van der Waals surface area contributed by atoms with Gasteiger partial charge in [-0.3, -0.25) is 19.3 Å². The lowest BCUT2D eigenvalue weighted by molar-refractivity contribution is -0.163. The second-order valence-electron chi connectivity index (χ2n) is 11.0. The molecule has 0 aromatic heterocycles. The maximum Gasteiger partial charge on any atom is 0.312 e. The van der Waals surface area contributed by atoms with Crippen molar-refractivity contribution in [3.8, 4) is 0 Å². The van der Waals surface area contributed by atoms with Gasteiger partial charge in [-0.25, -0.2) is 0 Å². The highest BCUT2D eigenvalue weighted by molar-refractivity contribution is 5.98. The average molecular weight is 522 g/mol. The zero-order valence-corrected chi connectivity index (χ0v) is 22.7. The van der Waals surface area contributed by atoms with Gasteiger partial charge in [0.05, 0.1) is 44.0 Å². The Morgan fingerprint density at radius 3 is 2.62 bits per heavy atom. The third-order valence-electron chi connectivity index (χ3n) is 9.05. The molecule has 4 fully saturated rings. The van der Waals surface area contributed by atoms with Crippen molar-refractivity contribution in [2.45, 2.75) is 63.8 Å². The summed E-state index contributed by atoms with van der Waals surface area (Å²) in [6, 6.07) is -1.49. The van der Waals surface area contributed by atoms with Crippen molar-refractivity contribution in [3.63, 3.8) is 0 Å². The van der Waals surface area contributed by atoms with E-state index in [1.54, 1.807) is 17.9 Å². The second kappa shape index (κ2) is 11.0. The molecule has 10 heteroatoms.